The van der Waals surface area contributed by atoms with E-state index in [1.165, 1.54) is 0 Å². The van der Waals surface area contributed by atoms with Gasteiger partial charge in [-0.3, -0.25) is 0 Å². The summed E-state index contributed by atoms with van der Waals surface area (Å²) >= 11 is 2.16. The zero-order valence-electron chi connectivity index (χ0n) is 8.68. The van der Waals surface area contributed by atoms with Gasteiger partial charge in [0.2, 0.25) is 12.7 Å². The molecule has 0 radical (unpaired) electrons. The third-order valence-electron chi connectivity index (χ3n) is 2.25. The zero-order chi connectivity index (χ0) is 11.7. The molecule has 0 bridgehead atoms. The fourth-order valence-corrected chi connectivity index (χ4v) is 1.76. The average molecular weight is 341 g/mol. The molecule has 5 nitrogen and oxygen atoms in total. The van der Waals surface area contributed by atoms with Gasteiger partial charge in [0.15, 0.2) is 11.5 Å². The number of rotatable bonds is 2. The molecule has 1 aliphatic rings. The van der Waals surface area contributed by atoms with Crippen LogP contribution in [0.3, 0.4) is 0 Å². The summed E-state index contributed by atoms with van der Waals surface area (Å²) in [5.41, 5.74) is 0.871. The Hall–Kier alpha value is -1.57. The predicted octanol–water partition coefficient (Wildman–Crippen LogP) is 2.55. The largest absolute Gasteiger partial charge is 0.454 e. The molecule has 1 aromatic heterocycles. The number of nitrogens with one attached hydrogen (secondary N) is 1. The van der Waals surface area contributed by atoms with E-state index in [0.29, 0.717) is 5.95 Å². The maximum Gasteiger partial charge on any atom is 0.231 e. The van der Waals surface area contributed by atoms with Gasteiger partial charge in [-0.2, -0.15) is 0 Å². The number of hydrogen-bond acceptors (Lipinski definition) is 5. The lowest BCUT2D eigenvalue weighted by atomic mass is 10.3. The molecule has 0 saturated carbocycles. The van der Waals surface area contributed by atoms with Gasteiger partial charge in [0.25, 0.3) is 0 Å². The molecular formula is C11H8IN3O2. The Bertz CT molecular complexity index is 545. The van der Waals surface area contributed by atoms with Gasteiger partial charge in [-0.1, -0.05) is 0 Å². The fourth-order valence-electron chi connectivity index (χ4n) is 1.48. The van der Waals surface area contributed by atoms with Crippen LogP contribution in [0.2, 0.25) is 0 Å². The van der Waals surface area contributed by atoms with E-state index in [4.69, 9.17) is 9.47 Å². The van der Waals surface area contributed by atoms with Crippen LogP contribution in [0, 0.1) is 3.57 Å². The highest BCUT2D eigenvalue weighted by atomic mass is 127. The van der Waals surface area contributed by atoms with Crippen molar-refractivity contribution in [2.45, 2.75) is 0 Å². The Balaban J connectivity index is 1.83. The lowest BCUT2D eigenvalue weighted by Gasteiger charge is -2.05. The SMILES string of the molecule is Ic1cnc(Nc2ccc3c(c2)OCO3)nc1. The molecule has 2 heterocycles. The first-order valence-corrected chi connectivity index (χ1v) is 6.03. The van der Waals surface area contributed by atoms with Gasteiger partial charge in [0.05, 0.1) is 0 Å². The number of aromatic nitrogens is 2. The topological polar surface area (TPSA) is 56.3 Å². The maximum atomic E-state index is 5.29. The monoisotopic (exact) mass is 341 g/mol. The lowest BCUT2D eigenvalue weighted by molar-refractivity contribution is 0.174. The summed E-state index contributed by atoms with van der Waals surface area (Å²) in [4.78, 5) is 8.33. The smallest absolute Gasteiger partial charge is 0.231 e. The molecule has 2 aromatic rings. The lowest BCUT2D eigenvalue weighted by Crippen LogP contribution is -1.96. The molecule has 0 fully saturated rings. The van der Waals surface area contributed by atoms with Crippen LogP contribution in [-0.2, 0) is 0 Å². The highest BCUT2D eigenvalue weighted by molar-refractivity contribution is 14.1. The first-order valence-electron chi connectivity index (χ1n) is 4.95. The minimum Gasteiger partial charge on any atom is -0.454 e. The summed E-state index contributed by atoms with van der Waals surface area (Å²) in [6.07, 6.45) is 3.51. The molecule has 6 heteroatoms. The van der Waals surface area contributed by atoms with E-state index in [-0.39, 0.29) is 6.79 Å². The number of hydrogen-bond donors (Lipinski definition) is 1. The van der Waals surface area contributed by atoms with E-state index < -0.39 is 0 Å². The third-order valence-corrected chi connectivity index (χ3v) is 2.81. The van der Waals surface area contributed by atoms with Crippen LogP contribution in [0.4, 0.5) is 11.6 Å². The van der Waals surface area contributed by atoms with E-state index in [1.54, 1.807) is 12.4 Å². The van der Waals surface area contributed by atoms with E-state index in [2.05, 4.69) is 37.9 Å². The van der Waals surface area contributed by atoms with Crippen molar-refractivity contribution in [1.82, 2.24) is 9.97 Å². The van der Waals surface area contributed by atoms with Gasteiger partial charge >= 0.3 is 0 Å². The van der Waals surface area contributed by atoms with Crippen LogP contribution in [0.25, 0.3) is 0 Å². The number of anilines is 2. The second-order valence-corrected chi connectivity index (χ2v) is 4.66. The van der Waals surface area contributed by atoms with Gasteiger partial charge in [-0.05, 0) is 34.7 Å². The Labute approximate surface area is 111 Å². The fraction of sp³-hybridized carbons (Fsp3) is 0.0909. The number of benzene rings is 1. The normalized spacial score (nSPS) is 12.5. The Morgan fingerprint density at radius 1 is 1.12 bits per heavy atom. The molecule has 0 aliphatic carbocycles. The van der Waals surface area contributed by atoms with E-state index in [9.17, 15) is 0 Å². The van der Waals surface area contributed by atoms with Gasteiger partial charge in [0, 0.05) is 27.7 Å². The Morgan fingerprint density at radius 3 is 2.71 bits per heavy atom. The highest BCUT2D eigenvalue weighted by Gasteiger charge is 2.13. The molecule has 0 amide bonds. The molecule has 1 N–H and O–H groups in total. The molecule has 0 unspecified atom stereocenters. The van der Waals surface area contributed by atoms with E-state index >= 15 is 0 Å². The van der Waals surface area contributed by atoms with Crippen molar-refractivity contribution >= 4 is 34.2 Å². The highest BCUT2D eigenvalue weighted by Crippen LogP contribution is 2.34. The van der Waals surface area contributed by atoms with Crippen LogP contribution in [0.5, 0.6) is 11.5 Å². The summed E-state index contributed by atoms with van der Waals surface area (Å²) in [5, 5.41) is 3.10. The minimum atomic E-state index is 0.277. The zero-order valence-corrected chi connectivity index (χ0v) is 10.8. The van der Waals surface area contributed by atoms with Gasteiger partial charge in [0.1, 0.15) is 0 Å². The molecule has 1 aromatic carbocycles. The van der Waals surface area contributed by atoms with Gasteiger partial charge < -0.3 is 14.8 Å². The first kappa shape index (κ1) is 10.6. The number of halogens is 1. The summed E-state index contributed by atoms with van der Waals surface area (Å²) in [5.74, 6) is 2.06. The van der Waals surface area contributed by atoms with Crippen molar-refractivity contribution in [3.63, 3.8) is 0 Å². The standard InChI is InChI=1S/C11H8IN3O2/c12-7-4-13-11(14-5-7)15-8-1-2-9-10(3-8)17-6-16-9/h1-5H,6H2,(H,13,14,15). The quantitative estimate of drug-likeness (QED) is 0.851. The Kier molecular flexibility index (Phi) is 2.71. The van der Waals surface area contributed by atoms with Crippen molar-refractivity contribution in [3.05, 3.63) is 34.2 Å². The minimum absolute atomic E-state index is 0.277. The van der Waals surface area contributed by atoms with Gasteiger partial charge in [-0.15, -0.1) is 0 Å². The molecule has 17 heavy (non-hydrogen) atoms. The van der Waals surface area contributed by atoms with Crippen molar-refractivity contribution in [1.29, 1.82) is 0 Å². The van der Waals surface area contributed by atoms with Crippen LogP contribution < -0.4 is 14.8 Å². The molecule has 86 valence electrons. The van der Waals surface area contributed by atoms with Crippen LogP contribution in [-0.4, -0.2) is 16.8 Å². The second kappa shape index (κ2) is 4.36. The third kappa shape index (κ3) is 2.26. The molecule has 0 spiro atoms. The molecule has 0 saturated heterocycles. The van der Waals surface area contributed by atoms with Crippen LogP contribution in [0.1, 0.15) is 0 Å². The van der Waals surface area contributed by atoms with Crippen molar-refractivity contribution in [3.8, 4) is 11.5 Å². The van der Waals surface area contributed by atoms with E-state index in [0.717, 1.165) is 20.8 Å². The number of fused-ring (bicyclic) bond motifs is 1. The average Bonchev–Trinajstić information content (AvgIpc) is 2.79. The molecule has 1 aliphatic heterocycles. The maximum absolute atomic E-state index is 5.29. The predicted molar refractivity (Wildman–Crippen MR) is 70.6 cm³/mol. The van der Waals surface area contributed by atoms with Crippen molar-refractivity contribution in [2.75, 3.05) is 12.1 Å². The molecule has 3 rings (SSSR count). The molecular weight excluding hydrogens is 333 g/mol. The number of ether oxygens (including phenoxy) is 2. The summed E-state index contributed by atoms with van der Waals surface area (Å²) in [6, 6.07) is 5.62. The van der Waals surface area contributed by atoms with Crippen molar-refractivity contribution in [2.24, 2.45) is 0 Å². The second-order valence-electron chi connectivity index (χ2n) is 3.42. The van der Waals surface area contributed by atoms with Crippen molar-refractivity contribution < 1.29 is 9.47 Å². The van der Waals surface area contributed by atoms with Crippen LogP contribution >= 0.6 is 22.6 Å². The number of nitrogens with zero attached hydrogens (tertiary/aromatic N) is 2. The summed E-state index contributed by atoms with van der Waals surface area (Å²) < 4.78 is 11.5. The van der Waals surface area contributed by atoms with E-state index in [1.807, 2.05) is 18.2 Å². The summed E-state index contributed by atoms with van der Waals surface area (Å²) in [7, 11) is 0. The van der Waals surface area contributed by atoms with Crippen LogP contribution in [0.15, 0.2) is 30.6 Å². The first-order chi connectivity index (χ1) is 8.31. The molecule has 0 atom stereocenters. The summed E-state index contributed by atoms with van der Waals surface area (Å²) in [6.45, 7) is 0.277. The van der Waals surface area contributed by atoms with Gasteiger partial charge in [-0.25, -0.2) is 9.97 Å². The Morgan fingerprint density at radius 2 is 1.88 bits per heavy atom.